The quantitative estimate of drug-likeness (QED) is 0.342. The van der Waals surface area contributed by atoms with E-state index in [1.807, 2.05) is 6.20 Å². The van der Waals surface area contributed by atoms with Gasteiger partial charge in [-0.2, -0.15) is 0 Å². The maximum atomic E-state index is 4.87. The van der Waals surface area contributed by atoms with Crippen LogP contribution in [0.2, 0.25) is 0 Å². The molecule has 152 valence electrons. The maximum absolute atomic E-state index is 4.87. The highest BCUT2D eigenvalue weighted by molar-refractivity contribution is 5.98. The molecule has 0 saturated carbocycles. The summed E-state index contributed by atoms with van der Waals surface area (Å²) in [6.45, 7) is 13.3. The van der Waals surface area contributed by atoms with E-state index in [2.05, 4.69) is 96.1 Å². The van der Waals surface area contributed by atoms with Crippen LogP contribution >= 0.6 is 0 Å². The third-order valence-electron chi connectivity index (χ3n) is 5.64. The molecular formula is C29H31N. The molecule has 3 aromatic carbocycles. The second-order valence-corrected chi connectivity index (χ2v) is 9.24. The summed E-state index contributed by atoms with van der Waals surface area (Å²) in [5.41, 5.74) is 12.7. The number of fused-ring (bicyclic) bond motifs is 1. The number of rotatable bonds is 4. The molecule has 0 aliphatic heterocycles. The first-order chi connectivity index (χ1) is 14.3. The minimum atomic E-state index is 0.600. The van der Waals surface area contributed by atoms with E-state index in [0.29, 0.717) is 5.92 Å². The van der Waals surface area contributed by atoms with E-state index in [9.17, 15) is 0 Å². The molecule has 0 unspecified atom stereocenters. The van der Waals surface area contributed by atoms with Crippen LogP contribution in [0.1, 0.15) is 41.7 Å². The fraction of sp³-hybridized carbons (Fsp3) is 0.276. The second kappa shape index (κ2) is 8.07. The van der Waals surface area contributed by atoms with Gasteiger partial charge in [-0.3, -0.25) is 4.98 Å². The number of hydrogen-bond donors (Lipinski definition) is 0. The van der Waals surface area contributed by atoms with E-state index in [-0.39, 0.29) is 0 Å². The monoisotopic (exact) mass is 393 g/mol. The number of aromatic nitrogens is 1. The van der Waals surface area contributed by atoms with Crippen LogP contribution in [0.4, 0.5) is 0 Å². The number of hydrogen-bond acceptors (Lipinski definition) is 1. The van der Waals surface area contributed by atoms with Crippen molar-refractivity contribution in [1.29, 1.82) is 0 Å². The lowest BCUT2D eigenvalue weighted by Gasteiger charge is -2.17. The van der Waals surface area contributed by atoms with Crippen molar-refractivity contribution in [2.45, 2.75) is 48.0 Å². The highest BCUT2D eigenvalue weighted by atomic mass is 14.7. The van der Waals surface area contributed by atoms with Gasteiger partial charge >= 0.3 is 0 Å². The average molecular weight is 394 g/mol. The molecule has 0 aliphatic carbocycles. The van der Waals surface area contributed by atoms with Gasteiger partial charge in [-0.05, 0) is 74.4 Å². The zero-order chi connectivity index (χ0) is 21.4. The Morgan fingerprint density at radius 1 is 0.667 bits per heavy atom. The van der Waals surface area contributed by atoms with Crippen LogP contribution in [-0.4, -0.2) is 4.98 Å². The molecule has 4 aromatic rings. The number of nitrogens with zero attached hydrogens (tertiary/aromatic N) is 1. The van der Waals surface area contributed by atoms with Crippen molar-refractivity contribution in [1.82, 2.24) is 4.98 Å². The molecule has 0 spiro atoms. The molecular weight excluding hydrogens is 362 g/mol. The molecule has 1 heterocycles. The van der Waals surface area contributed by atoms with E-state index in [0.717, 1.165) is 11.9 Å². The van der Waals surface area contributed by atoms with E-state index in [4.69, 9.17) is 4.98 Å². The number of benzene rings is 3. The van der Waals surface area contributed by atoms with Crippen LogP contribution in [0, 0.1) is 33.6 Å². The Kier molecular flexibility index (Phi) is 5.47. The lowest BCUT2D eigenvalue weighted by Crippen LogP contribution is -1.99. The van der Waals surface area contributed by atoms with Gasteiger partial charge in [0.25, 0.3) is 0 Å². The number of pyridine rings is 1. The first kappa shape index (κ1) is 20.3. The van der Waals surface area contributed by atoms with Crippen LogP contribution in [0.25, 0.3) is 33.2 Å². The van der Waals surface area contributed by atoms with Gasteiger partial charge in [0.15, 0.2) is 0 Å². The zero-order valence-corrected chi connectivity index (χ0v) is 19.0. The molecule has 0 bridgehead atoms. The predicted molar refractivity (Wildman–Crippen MR) is 130 cm³/mol. The molecule has 4 rings (SSSR count). The van der Waals surface area contributed by atoms with Gasteiger partial charge in [-0.1, -0.05) is 78.6 Å². The van der Waals surface area contributed by atoms with Gasteiger partial charge in [0, 0.05) is 17.1 Å². The summed E-state index contributed by atoms with van der Waals surface area (Å²) in [6, 6.07) is 20.4. The Morgan fingerprint density at radius 3 is 1.80 bits per heavy atom. The summed E-state index contributed by atoms with van der Waals surface area (Å²) >= 11 is 0. The Balaban J connectivity index is 2.01. The van der Waals surface area contributed by atoms with Crippen molar-refractivity contribution >= 4 is 10.9 Å². The molecule has 1 nitrogen and oxygen atoms in total. The lowest BCUT2D eigenvalue weighted by molar-refractivity contribution is 0.648. The Hall–Kier alpha value is -2.93. The van der Waals surface area contributed by atoms with Gasteiger partial charge in [-0.15, -0.1) is 0 Å². The van der Waals surface area contributed by atoms with Gasteiger partial charge < -0.3 is 0 Å². The topological polar surface area (TPSA) is 12.9 Å². The predicted octanol–water partition coefficient (Wildman–Crippen LogP) is 8.00. The standard InChI is InChI=1S/C29H31N/c1-18(2)9-23-7-8-28-27(29(23)25-14-21(5)11-22(6)15-25)16-26(17-30-28)24-12-19(3)10-20(4)13-24/h7-8,10-18H,9H2,1-6H3. The van der Waals surface area contributed by atoms with Crippen molar-refractivity contribution in [3.8, 4) is 22.3 Å². The molecule has 0 fully saturated rings. The highest BCUT2D eigenvalue weighted by Crippen LogP contribution is 2.36. The van der Waals surface area contributed by atoms with Gasteiger partial charge in [-0.25, -0.2) is 0 Å². The molecule has 0 aliphatic rings. The van der Waals surface area contributed by atoms with Crippen LogP contribution in [0.15, 0.2) is 60.8 Å². The first-order valence-corrected chi connectivity index (χ1v) is 10.9. The zero-order valence-electron chi connectivity index (χ0n) is 19.0. The van der Waals surface area contributed by atoms with E-state index < -0.39 is 0 Å². The van der Waals surface area contributed by atoms with E-state index in [1.54, 1.807) is 0 Å². The Labute approximate surface area is 180 Å². The van der Waals surface area contributed by atoms with Crippen molar-refractivity contribution in [3.05, 3.63) is 88.6 Å². The third-order valence-corrected chi connectivity index (χ3v) is 5.64. The number of aryl methyl sites for hydroxylation is 4. The molecule has 1 heteroatoms. The molecule has 0 atom stereocenters. The SMILES string of the molecule is Cc1cc(C)cc(-c2cnc3ccc(CC(C)C)c(-c4cc(C)cc(C)c4)c3c2)c1. The van der Waals surface area contributed by atoms with Crippen molar-refractivity contribution < 1.29 is 0 Å². The fourth-order valence-electron chi connectivity index (χ4n) is 4.61. The minimum Gasteiger partial charge on any atom is -0.256 e. The molecule has 0 saturated heterocycles. The molecule has 1 aromatic heterocycles. The van der Waals surface area contributed by atoms with Crippen LogP contribution in [0.3, 0.4) is 0 Å². The van der Waals surface area contributed by atoms with Crippen LogP contribution in [0.5, 0.6) is 0 Å². The smallest absolute Gasteiger partial charge is 0.0708 e. The fourth-order valence-corrected chi connectivity index (χ4v) is 4.61. The summed E-state index contributed by atoms with van der Waals surface area (Å²) in [5.74, 6) is 0.600. The molecule has 0 radical (unpaired) electrons. The van der Waals surface area contributed by atoms with Crippen molar-refractivity contribution in [2.75, 3.05) is 0 Å². The Morgan fingerprint density at radius 2 is 1.23 bits per heavy atom. The minimum absolute atomic E-state index is 0.600. The largest absolute Gasteiger partial charge is 0.256 e. The maximum Gasteiger partial charge on any atom is 0.0708 e. The van der Waals surface area contributed by atoms with E-state index in [1.165, 1.54) is 55.5 Å². The van der Waals surface area contributed by atoms with Gasteiger partial charge in [0.1, 0.15) is 0 Å². The van der Waals surface area contributed by atoms with Gasteiger partial charge in [0.05, 0.1) is 5.52 Å². The summed E-state index contributed by atoms with van der Waals surface area (Å²) in [4.78, 5) is 4.87. The molecule has 0 amide bonds. The lowest BCUT2D eigenvalue weighted by atomic mass is 9.88. The van der Waals surface area contributed by atoms with Crippen LogP contribution < -0.4 is 0 Å². The van der Waals surface area contributed by atoms with Crippen LogP contribution in [-0.2, 0) is 6.42 Å². The molecule has 0 N–H and O–H groups in total. The normalized spacial score (nSPS) is 11.4. The summed E-state index contributed by atoms with van der Waals surface area (Å²) < 4.78 is 0. The second-order valence-electron chi connectivity index (χ2n) is 9.24. The summed E-state index contributed by atoms with van der Waals surface area (Å²) in [6.07, 6.45) is 3.08. The highest BCUT2D eigenvalue weighted by Gasteiger charge is 2.14. The molecule has 30 heavy (non-hydrogen) atoms. The first-order valence-electron chi connectivity index (χ1n) is 10.9. The van der Waals surface area contributed by atoms with Gasteiger partial charge in [0.2, 0.25) is 0 Å². The third kappa shape index (κ3) is 4.16. The average Bonchev–Trinajstić information content (AvgIpc) is 2.65. The summed E-state index contributed by atoms with van der Waals surface area (Å²) in [5, 5.41) is 1.25. The Bertz CT molecular complexity index is 1190. The van der Waals surface area contributed by atoms with Crippen molar-refractivity contribution in [3.63, 3.8) is 0 Å². The van der Waals surface area contributed by atoms with E-state index >= 15 is 0 Å². The van der Waals surface area contributed by atoms with Crippen molar-refractivity contribution in [2.24, 2.45) is 5.92 Å². The summed E-state index contributed by atoms with van der Waals surface area (Å²) in [7, 11) is 0.